The number of phenolic OH excluding ortho intramolecular Hbond substituents is 2. The molecular formula is C17H17NO3. The minimum Gasteiger partial charge on any atom is -0.504 e. The van der Waals surface area contributed by atoms with E-state index < -0.39 is 0 Å². The van der Waals surface area contributed by atoms with Gasteiger partial charge in [0.25, 0.3) is 0 Å². The van der Waals surface area contributed by atoms with Gasteiger partial charge in [-0.1, -0.05) is 36.4 Å². The normalized spacial score (nSPS) is 21.8. The highest BCUT2D eigenvalue weighted by atomic mass is 16.3. The van der Waals surface area contributed by atoms with Gasteiger partial charge in [0.05, 0.1) is 5.92 Å². The van der Waals surface area contributed by atoms with Crippen LogP contribution in [0.4, 0.5) is 0 Å². The summed E-state index contributed by atoms with van der Waals surface area (Å²) in [5, 5.41) is 22.0. The first-order valence-corrected chi connectivity index (χ1v) is 7.01. The smallest absolute Gasteiger partial charge is 0.228 e. The molecule has 108 valence electrons. The van der Waals surface area contributed by atoms with Crippen LogP contribution >= 0.6 is 0 Å². The van der Waals surface area contributed by atoms with Crippen molar-refractivity contribution in [1.82, 2.24) is 5.32 Å². The zero-order valence-corrected chi connectivity index (χ0v) is 11.5. The Bertz CT molecular complexity index is 654. The highest BCUT2D eigenvalue weighted by molar-refractivity contribution is 5.86. The summed E-state index contributed by atoms with van der Waals surface area (Å²) in [5.74, 6) is -0.694. The number of aromatic hydroxyl groups is 2. The van der Waals surface area contributed by atoms with Crippen LogP contribution in [-0.2, 0) is 4.79 Å². The average molecular weight is 283 g/mol. The molecule has 3 rings (SSSR count). The van der Waals surface area contributed by atoms with Gasteiger partial charge in [0.15, 0.2) is 11.5 Å². The molecule has 1 heterocycles. The molecule has 4 heteroatoms. The van der Waals surface area contributed by atoms with Gasteiger partial charge in [-0.15, -0.1) is 0 Å². The largest absolute Gasteiger partial charge is 0.504 e. The monoisotopic (exact) mass is 283 g/mol. The Balaban J connectivity index is 2.02. The van der Waals surface area contributed by atoms with Crippen molar-refractivity contribution in [2.24, 2.45) is 0 Å². The van der Waals surface area contributed by atoms with Crippen molar-refractivity contribution in [3.8, 4) is 11.5 Å². The van der Waals surface area contributed by atoms with E-state index in [9.17, 15) is 15.0 Å². The molecule has 0 aliphatic carbocycles. The van der Waals surface area contributed by atoms with Gasteiger partial charge in [0, 0.05) is 12.5 Å². The van der Waals surface area contributed by atoms with Gasteiger partial charge < -0.3 is 15.5 Å². The van der Waals surface area contributed by atoms with Crippen molar-refractivity contribution in [2.45, 2.75) is 18.3 Å². The number of amides is 1. The second kappa shape index (κ2) is 5.48. The molecule has 0 bridgehead atoms. The summed E-state index contributed by atoms with van der Waals surface area (Å²) in [4.78, 5) is 12.3. The van der Waals surface area contributed by atoms with E-state index in [-0.39, 0.29) is 29.2 Å². The third-order valence-corrected chi connectivity index (χ3v) is 4.03. The van der Waals surface area contributed by atoms with E-state index >= 15 is 0 Å². The van der Waals surface area contributed by atoms with Gasteiger partial charge in [0.1, 0.15) is 0 Å². The molecule has 0 unspecified atom stereocenters. The maximum atomic E-state index is 12.3. The fraction of sp³-hybridized carbons (Fsp3) is 0.235. The van der Waals surface area contributed by atoms with Crippen molar-refractivity contribution < 1.29 is 15.0 Å². The van der Waals surface area contributed by atoms with E-state index in [0.29, 0.717) is 6.54 Å². The van der Waals surface area contributed by atoms with Crippen LogP contribution in [0.1, 0.15) is 29.4 Å². The average Bonchev–Trinajstić information content (AvgIpc) is 2.51. The number of benzene rings is 2. The predicted octanol–water partition coefficient (Wildman–Crippen LogP) is 2.49. The SMILES string of the molecule is O=C1NCC[C@H](c2ccccc2)[C@H]1c1ccc(O)c(O)c1. The molecule has 0 spiro atoms. The summed E-state index contributed by atoms with van der Waals surface area (Å²) < 4.78 is 0. The maximum Gasteiger partial charge on any atom is 0.228 e. The second-order valence-corrected chi connectivity index (χ2v) is 5.32. The molecule has 21 heavy (non-hydrogen) atoms. The lowest BCUT2D eigenvalue weighted by molar-refractivity contribution is -0.124. The van der Waals surface area contributed by atoms with Crippen LogP contribution in [0.25, 0.3) is 0 Å². The number of nitrogens with one attached hydrogen (secondary N) is 1. The molecule has 1 aliphatic heterocycles. The van der Waals surface area contributed by atoms with Crippen molar-refractivity contribution in [3.63, 3.8) is 0 Å². The zero-order valence-electron chi connectivity index (χ0n) is 11.5. The highest BCUT2D eigenvalue weighted by Gasteiger charge is 2.34. The number of hydrogen-bond acceptors (Lipinski definition) is 3. The number of phenols is 2. The Morgan fingerprint density at radius 2 is 1.71 bits per heavy atom. The van der Waals surface area contributed by atoms with Gasteiger partial charge in [-0.05, 0) is 29.7 Å². The molecular weight excluding hydrogens is 266 g/mol. The van der Waals surface area contributed by atoms with Crippen LogP contribution in [0.5, 0.6) is 11.5 Å². The van der Waals surface area contributed by atoms with Crippen molar-refractivity contribution >= 4 is 5.91 Å². The fourth-order valence-corrected chi connectivity index (χ4v) is 2.99. The molecule has 4 nitrogen and oxygen atoms in total. The van der Waals surface area contributed by atoms with Gasteiger partial charge in [0.2, 0.25) is 5.91 Å². The molecule has 3 N–H and O–H groups in total. The molecule has 1 amide bonds. The fourth-order valence-electron chi connectivity index (χ4n) is 2.99. The van der Waals surface area contributed by atoms with Crippen molar-refractivity contribution in [1.29, 1.82) is 0 Å². The first kappa shape index (κ1) is 13.5. The Kier molecular flexibility index (Phi) is 3.52. The lowest BCUT2D eigenvalue weighted by atomic mass is 9.77. The molecule has 2 atom stereocenters. The molecule has 2 aromatic rings. The Morgan fingerprint density at radius 3 is 2.43 bits per heavy atom. The number of hydrogen-bond donors (Lipinski definition) is 3. The quantitative estimate of drug-likeness (QED) is 0.742. The molecule has 2 aromatic carbocycles. The standard InChI is InChI=1S/C17H17NO3/c19-14-7-6-12(10-15(14)20)16-13(8-9-18-17(16)21)11-4-2-1-3-5-11/h1-7,10,13,16,19-20H,8-9H2,(H,18,21)/t13-,16-/m1/s1. The van der Waals surface area contributed by atoms with E-state index in [4.69, 9.17) is 0 Å². The summed E-state index contributed by atoms with van der Waals surface area (Å²) in [5.41, 5.74) is 1.83. The molecule has 0 saturated carbocycles. The van der Waals surface area contributed by atoms with E-state index in [1.807, 2.05) is 30.3 Å². The van der Waals surface area contributed by atoms with Gasteiger partial charge in [-0.25, -0.2) is 0 Å². The predicted molar refractivity (Wildman–Crippen MR) is 79.3 cm³/mol. The van der Waals surface area contributed by atoms with Crippen molar-refractivity contribution in [3.05, 3.63) is 59.7 Å². The summed E-state index contributed by atoms with van der Waals surface area (Å²) in [6.45, 7) is 0.652. The Hall–Kier alpha value is -2.49. The minimum absolute atomic E-state index is 0.0415. The Morgan fingerprint density at radius 1 is 0.952 bits per heavy atom. The molecule has 1 aliphatic rings. The third kappa shape index (κ3) is 2.57. The van der Waals surface area contributed by atoms with E-state index in [1.165, 1.54) is 12.1 Å². The van der Waals surface area contributed by atoms with E-state index in [1.54, 1.807) is 6.07 Å². The topological polar surface area (TPSA) is 69.6 Å². The van der Waals surface area contributed by atoms with Crippen LogP contribution < -0.4 is 5.32 Å². The highest BCUT2D eigenvalue weighted by Crippen LogP contribution is 2.40. The van der Waals surface area contributed by atoms with Gasteiger partial charge in [-0.2, -0.15) is 0 Å². The number of carbonyl (C=O) groups excluding carboxylic acids is 1. The van der Waals surface area contributed by atoms with E-state index in [0.717, 1.165) is 17.5 Å². The number of carbonyl (C=O) groups is 1. The first-order valence-electron chi connectivity index (χ1n) is 7.01. The van der Waals surface area contributed by atoms with Gasteiger partial charge in [-0.3, -0.25) is 4.79 Å². The maximum absolute atomic E-state index is 12.3. The molecule has 0 aromatic heterocycles. The van der Waals surface area contributed by atoms with E-state index in [2.05, 4.69) is 5.32 Å². The first-order chi connectivity index (χ1) is 10.2. The summed E-state index contributed by atoms with van der Waals surface area (Å²) in [6.07, 6.45) is 0.849. The summed E-state index contributed by atoms with van der Waals surface area (Å²) in [6, 6.07) is 14.5. The lowest BCUT2D eigenvalue weighted by Crippen LogP contribution is -2.39. The van der Waals surface area contributed by atoms with Gasteiger partial charge >= 0.3 is 0 Å². The number of rotatable bonds is 2. The Labute approximate surface area is 123 Å². The van der Waals surface area contributed by atoms with Crippen LogP contribution in [0.3, 0.4) is 0 Å². The third-order valence-electron chi connectivity index (χ3n) is 4.03. The van der Waals surface area contributed by atoms with Crippen LogP contribution in [0, 0.1) is 0 Å². The second-order valence-electron chi connectivity index (χ2n) is 5.32. The molecule has 1 saturated heterocycles. The van der Waals surface area contributed by atoms with Crippen LogP contribution in [0.2, 0.25) is 0 Å². The number of piperidine rings is 1. The van der Waals surface area contributed by atoms with Crippen LogP contribution in [-0.4, -0.2) is 22.7 Å². The summed E-state index contributed by atoms with van der Waals surface area (Å²) in [7, 11) is 0. The van der Waals surface area contributed by atoms with Crippen LogP contribution in [0.15, 0.2) is 48.5 Å². The molecule has 1 fully saturated rings. The zero-order chi connectivity index (χ0) is 14.8. The minimum atomic E-state index is -0.354. The van der Waals surface area contributed by atoms with Crippen molar-refractivity contribution in [2.75, 3.05) is 6.54 Å². The lowest BCUT2D eigenvalue weighted by Gasteiger charge is -2.32. The summed E-state index contributed by atoms with van der Waals surface area (Å²) >= 11 is 0. The molecule has 0 radical (unpaired) electrons.